The van der Waals surface area contributed by atoms with Crippen LogP contribution in [0.3, 0.4) is 0 Å². The molecule has 0 spiro atoms. The van der Waals surface area contributed by atoms with Crippen LogP contribution in [0.4, 0.5) is 8.78 Å². The van der Waals surface area contributed by atoms with Crippen LogP contribution < -0.4 is 4.74 Å². The number of nitrogens with zero attached hydrogens (tertiary/aromatic N) is 1. The predicted molar refractivity (Wildman–Crippen MR) is 87.5 cm³/mol. The highest BCUT2D eigenvalue weighted by molar-refractivity contribution is 5.24. The fraction of sp³-hybridized carbons (Fsp3) is 0.667. The molecule has 1 saturated heterocycles. The Bertz CT molecular complexity index is 574. The van der Waals surface area contributed by atoms with Gasteiger partial charge in [0.25, 0.3) is 0 Å². The predicted octanol–water partition coefficient (Wildman–Crippen LogP) is 1.71. The van der Waals surface area contributed by atoms with Crippen LogP contribution in [0.25, 0.3) is 0 Å². The molecule has 1 heterocycles. The number of hydrogen-bond acceptors (Lipinski definition) is 5. The molecule has 140 valence electrons. The van der Waals surface area contributed by atoms with E-state index in [1.54, 1.807) is 0 Å². The lowest BCUT2D eigenvalue weighted by molar-refractivity contribution is -0.0713. The molecule has 0 unspecified atom stereocenters. The zero-order valence-corrected chi connectivity index (χ0v) is 14.2. The van der Waals surface area contributed by atoms with Crippen LogP contribution in [0, 0.1) is 11.6 Å². The van der Waals surface area contributed by atoms with Gasteiger partial charge in [0.1, 0.15) is 29.6 Å². The number of halogens is 2. The number of hydrogen-bond donors (Lipinski definition) is 2. The third-order valence-electron chi connectivity index (χ3n) is 4.84. The first-order valence-electron chi connectivity index (χ1n) is 8.70. The number of benzene rings is 1. The second-order valence-electron chi connectivity index (χ2n) is 7.31. The molecular weight excluding hydrogens is 332 g/mol. The molecule has 1 aromatic rings. The molecule has 0 amide bonds. The molecule has 2 aliphatic rings. The summed E-state index contributed by atoms with van der Waals surface area (Å²) in [4.78, 5) is 1.98. The van der Waals surface area contributed by atoms with Crippen LogP contribution in [-0.2, 0) is 4.74 Å². The normalized spacial score (nSPS) is 27.2. The second-order valence-corrected chi connectivity index (χ2v) is 7.31. The van der Waals surface area contributed by atoms with Crippen LogP contribution >= 0.6 is 0 Å². The molecule has 1 aromatic carbocycles. The van der Waals surface area contributed by atoms with Crippen LogP contribution in [0.15, 0.2) is 18.2 Å². The van der Waals surface area contributed by atoms with Gasteiger partial charge in [0.2, 0.25) is 0 Å². The van der Waals surface area contributed by atoms with Crippen molar-refractivity contribution < 1.29 is 28.5 Å². The Labute approximate surface area is 146 Å². The average Bonchev–Trinajstić information content (AvgIpc) is 2.86. The summed E-state index contributed by atoms with van der Waals surface area (Å²) in [7, 11) is 0. The molecule has 5 nitrogen and oxygen atoms in total. The highest BCUT2D eigenvalue weighted by atomic mass is 19.1. The van der Waals surface area contributed by atoms with Gasteiger partial charge < -0.3 is 19.7 Å². The van der Waals surface area contributed by atoms with Gasteiger partial charge in [-0.05, 0) is 12.8 Å². The molecule has 2 fully saturated rings. The van der Waals surface area contributed by atoms with Gasteiger partial charge in [-0.2, -0.15) is 0 Å². The molecular formula is C18H25F2NO4. The molecule has 1 saturated carbocycles. The van der Waals surface area contributed by atoms with Crippen LogP contribution in [0.2, 0.25) is 0 Å². The van der Waals surface area contributed by atoms with Crippen molar-refractivity contribution in [2.45, 2.75) is 36.9 Å². The molecule has 0 aromatic heterocycles. The Morgan fingerprint density at radius 3 is 2.44 bits per heavy atom. The monoisotopic (exact) mass is 357 g/mol. The lowest BCUT2D eigenvalue weighted by Crippen LogP contribution is -2.52. The minimum absolute atomic E-state index is 0.0242. The van der Waals surface area contributed by atoms with E-state index in [-0.39, 0.29) is 25.5 Å². The molecule has 1 aliphatic carbocycles. The smallest absolute Gasteiger partial charge is 0.134 e. The van der Waals surface area contributed by atoms with Gasteiger partial charge in [0.15, 0.2) is 0 Å². The van der Waals surface area contributed by atoms with Gasteiger partial charge in [0.05, 0.1) is 18.8 Å². The minimum Gasteiger partial charge on any atom is -0.490 e. The first-order valence-corrected chi connectivity index (χ1v) is 8.70. The number of rotatable bonds is 5. The third-order valence-corrected chi connectivity index (χ3v) is 4.84. The Morgan fingerprint density at radius 2 is 1.76 bits per heavy atom. The van der Waals surface area contributed by atoms with Crippen LogP contribution in [0.1, 0.15) is 25.7 Å². The van der Waals surface area contributed by atoms with E-state index in [9.17, 15) is 19.0 Å². The summed E-state index contributed by atoms with van der Waals surface area (Å²) in [5.41, 5.74) is -2.02. The van der Waals surface area contributed by atoms with Gasteiger partial charge in [0, 0.05) is 37.8 Å². The number of ether oxygens (including phenoxy) is 2. The topological polar surface area (TPSA) is 62.2 Å². The largest absolute Gasteiger partial charge is 0.490 e. The van der Waals surface area contributed by atoms with Crippen molar-refractivity contribution in [2.24, 2.45) is 0 Å². The van der Waals surface area contributed by atoms with Crippen LogP contribution in [0.5, 0.6) is 5.75 Å². The summed E-state index contributed by atoms with van der Waals surface area (Å²) in [6.07, 6.45) is 3.56. The zero-order chi connectivity index (χ0) is 17.9. The summed E-state index contributed by atoms with van der Waals surface area (Å²) in [6.45, 7) is 1.73. The number of aliphatic hydroxyl groups is 2. The molecule has 0 radical (unpaired) electrons. The Kier molecular flexibility index (Phi) is 5.58. The standard InChI is InChI=1S/C18H25F2NO4/c19-14-7-15(20)9-16(8-14)25-13-18(23)11-21(5-6-24-12-18)10-17(22)3-1-2-4-17/h7-9,22-23H,1-6,10-13H2/t18-/m0/s1. The van der Waals surface area contributed by atoms with Gasteiger partial charge >= 0.3 is 0 Å². The molecule has 1 atom stereocenters. The van der Waals surface area contributed by atoms with Crippen molar-refractivity contribution in [3.63, 3.8) is 0 Å². The number of β-amino-alcohol motifs (C(OH)–C–C–N with tert-alkyl or cyclic N) is 2. The lowest BCUT2D eigenvalue weighted by atomic mass is 10.00. The molecule has 1 aliphatic heterocycles. The van der Waals surface area contributed by atoms with E-state index in [4.69, 9.17) is 9.47 Å². The first kappa shape index (κ1) is 18.5. The maximum absolute atomic E-state index is 13.2. The van der Waals surface area contributed by atoms with Crippen molar-refractivity contribution >= 4 is 0 Å². The van der Waals surface area contributed by atoms with E-state index in [0.29, 0.717) is 19.7 Å². The van der Waals surface area contributed by atoms with Crippen LogP contribution in [-0.4, -0.2) is 65.8 Å². The fourth-order valence-corrected chi connectivity index (χ4v) is 3.66. The summed E-state index contributed by atoms with van der Waals surface area (Å²) in [6, 6.07) is 2.91. The quantitative estimate of drug-likeness (QED) is 0.840. The maximum Gasteiger partial charge on any atom is 0.134 e. The van der Waals surface area contributed by atoms with Crippen molar-refractivity contribution in [1.82, 2.24) is 4.90 Å². The van der Waals surface area contributed by atoms with E-state index in [1.165, 1.54) is 0 Å². The van der Waals surface area contributed by atoms with Gasteiger partial charge in [-0.15, -0.1) is 0 Å². The average molecular weight is 357 g/mol. The van der Waals surface area contributed by atoms with Gasteiger partial charge in [-0.3, -0.25) is 4.90 Å². The molecule has 3 rings (SSSR count). The van der Waals surface area contributed by atoms with Gasteiger partial charge in [-0.25, -0.2) is 8.78 Å². The van der Waals surface area contributed by atoms with Crippen molar-refractivity contribution in [2.75, 3.05) is 39.5 Å². The SMILES string of the molecule is OC1(CN2CCOC[C@](O)(COc3cc(F)cc(F)c3)C2)CCCC1. The minimum atomic E-state index is -1.31. The summed E-state index contributed by atoms with van der Waals surface area (Å²) >= 11 is 0. The van der Waals surface area contributed by atoms with Crippen molar-refractivity contribution in [3.05, 3.63) is 29.8 Å². The zero-order valence-electron chi connectivity index (χ0n) is 14.2. The Balaban J connectivity index is 1.62. The second kappa shape index (κ2) is 7.53. The van der Waals surface area contributed by atoms with Crippen molar-refractivity contribution in [1.29, 1.82) is 0 Å². The van der Waals surface area contributed by atoms with E-state index >= 15 is 0 Å². The molecule has 2 N–H and O–H groups in total. The molecule has 7 heteroatoms. The van der Waals surface area contributed by atoms with E-state index in [1.807, 2.05) is 4.90 Å². The van der Waals surface area contributed by atoms with Crippen molar-refractivity contribution in [3.8, 4) is 5.75 Å². The third kappa shape index (κ3) is 5.10. The molecule has 25 heavy (non-hydrogen) atoms. The van der Waals surface area contributed by atoms with E-state index in [0.717, 1.165) is 43.9 Å². The fourth-order valence-electron chi connectivity index (χ4n) is 3.66. The lowest BCUT2D eigenvalue weighted by Gasteiger charge is -2.34. The molecule has 0 bridgehead atoms. The summed E-state index contributed by atoms with van der Waals surface area (Å²) in [5.74, 6) is -1.44. The summed E-state index contributed by atoms with van der Waals surface area (Å²) in [5, 5.41) is 21.4. The highest BCUT2D eigenvalue weighted by Crippen LogP contribution is 2.31. The Hall–Kier alpha value is -1.28. The summed E-state index contributed by atoms with van der Waals surface area (Å²) < 4.78 is 37.4. The van der Waals surface area contributed by atoms with E-state index in [2.05, 4.69) is 0 Å². The first-order chi connectivity index (χ1) is 11.9. The Morgan fingerprint density at radius 1 is 1.08 bits per heavy atom. The van der Waals surface area contributed by atoms with Gasteiger partial charge in [-0.1, -0.05) is 12.8 Å². The maximum atomic E-state index is 13.2. The highest BCUT2D eigenvalue weighted by Gasteiger charge is 2.38. The van der Waals surface area contributed by atoms with E-state index < -0.39 is 22.8 Å².